The number of nitrogens with zero attached hydrogens (tertiary/aromatic N) is 1. The van der Waals surface area contributed by atoms with Crippen LogP contribution in [0.4, 0.5) is 5.69 Å². The number of anilines is 1. The maximum absolute atomic E-state index is 6.18. The van der Waals surface area contributed by atoms with Gasteiger partial charge in [0.1, 0.15) is 5.82 Å². The first-order valence-corrected chi connectivity index (χ1v) is 7.78. The van der Waals surface area contributed by atoms with Gasteiger partial charge in [0.05, 0.1) is 25.7 Å². The highest BCUT2D eigenvalue weighted by atomic mass is 35.5. The Morgan fingerprint density at radius 2 is 2.10 bits per heavy atom. The maximum Gasteiger partial charge on any atom is 0.104 e. The second-order valence-electron chi connectivity index (χ2n) is 4.70. The minimum atomic E-state index is 0.0905. The largest absolute Gasteiger partial charge is 0.378 e. The van der Waals surface area contributed by atoms with E-state index in [1.807, 2.05) is 31.2 Å². The van der Waals surface area contributed by atoms with Gasteiger partial charge in [-0.25, -0.2) is 4.98 Å². The van der Waals surface area contributed by atoms with Crippen LogP contribution in [0.2, 0.25) is 8.67 Å². The van der Waals surface area contributed by atoms with Gasteiger partial charge in [0.2, 0.25) is 0 Å². The summed E-state index contributed by atoms with van der Waals surface area (Å²) in [5.41, 5.74) is 4.03. The van der Waals surface area contributed by atoms with E-state index in [-0.39, 0.29) is 6.04 Å². The summed E-state index contributed by atoms with van der Waals surface area (Å²) < 4.78 is 1.44. The van der Waals surface area contributed by atoms with Gasteiger partial charge in [-0.2, -0.15) is 0 Å². The van der Waals surface area contributed by atoms with Crippen molar-refractivity contribution in [2.45, 2.75) is 19.9 Å². The molecule has 104 valence electrons. The predicted octanol–water partition coefficient (Wildman–Crippen LogP) is 5.41. The molecule has 1 aromatic carbocycles. The third kappa shape index (κ3) is 2.64. The fraction of sp³-hybridized carbons (Fsp3) is 0.214. The Hall–Kier alpha value is -1.23. The molecule has 1 unspecified atom stereocenters. The van der Waals surface area contributed by atoms with Crippen LogP contribution < -0.4 is 5.32 Å². The number of benzene rings is 1. The Morgan fingerprint density at radius 1 is 1.30 bits per heavy atom. The van der Waals surface area contributed by atoms with Crippen molar-refractivity contribution < 1.29 is 0 Å². The molecule has 0 amide bonds. The van der Waals surface area contributed by atoms with Crippen molar-refractivity contribution in [1.29, 1.82) is 0 Å². The number of aromatic amines is 1. The molecule has 1 atom stereocenters. The minimum Gasteiger partial charge on any atom is -0.378 e. The Labute approximate surface area is 130 Å². The molecule has 2 heterocycles. The molecule has 3 rings (SSSR count). The van der Waals surface area contributed by atoms with Gasteiger partial charge in [-0.1, -0.05) is 23.2 Å². The van der Waals surface area contributed by atoms with Crippen molar-refractivity contribution in [2.24, 2.45) is 0 Å². The summed E-state index contributed by atoms with van der Waals surface area (Å²) in [7, 11) is 0. The summed E-state index contributed by atoms with van der Waals surface area (Å²) in [6.07, 6.45) is 0. The zero-order chi connectivity index (χ0) is 14.3. The van der Waals surface area contributed by atoms with Crippen molar-refractivity contribution in [2.75, 3.05) is 5.32 Å². The van der Waals surface area contributed by atoms with Crippen LogP contribution in [-0.4, -0.2) is 9.97 Å². The van der Waals surface area contributed by atoms with Crippen LogP contribution in [-0.2, 0) is 0 Å². The van der Waals surface area contributed by atoms with Gasteiger partial charge in [0.25, 0.3) is 0 Å². The average molecular weight is 326 g/mol. The molecule has 0 fully saturated rings. The van der Waals surface area contributed by atoms with E-state index in [0.29, 0.717) is 4.34 Å². The van der Waals surface area contributed by atoms with Gasteiger partial charge in [-0.3, -0.25) is 0 Å². The summed E-state index contributed by atoms with van der Waals surface area (Å²) >= 11 is 13.6. The number of imidazole rings is 1. The summed E-state index contributed by atoms with van der Waals surface area (Å²) in [6.45, 7) is 4.01. The molecule has 0 bridgehead atoms. The Balaban J connectivity index is 1.86. The zero-order valence-corrected chi connectivity index (χ0v) is 13.3. The molecule has 2 aromatic heterocycles. The first kappa shape index (κ1) is 13.7. The minimum absolute atomic E-state index is 0.0905. The molecule has 0 saturated carbocycles. The van der Waals surface area contributed by atoms with E-state index in [2.05, 4.69) is 22.2 Å². The normalized spacial score (nSPS) is 12.8. The number of aryl methyl sites for hydroxylation is 1. The van der Waals surface area contributed by atoms with Crippen LogP contribution in [0.25, 0.3) is 11.0 Å². The summed E-state index contributed by atoms with van der Waals surface area (Å²) in [6, 6.07) is 8.06. The standard InChI is InChI=1S/C14H13Cl2N3S/c1-7(10-6-13(15)20-14(10)16)17-9-3-4-11-12(5-9)19-8(2)18-11/h3-7,17H,1-2H3,(H,18,19). The number of hydrogen-bond donors (Lipinski definition) is 2. The molecule has 3 nitrogen and oxygen atoms in total. The second kappa shape index (κ2) is 5.28. The van der Waals surface area contributed by atoms with E-state index in [0.717, 1.165) is 32.4 Å². The van der Waals surface area contributed by atoms with Crippen LogP contribution in [0.3, 0.4) is 0 Å². The van der Waals surface area contributed by atoms with Crippen LogP contribution in [0.15, 0.2) is 24.3 Å². The van der Waals surface area contributed by atoms with Gasteiger partial charge in [0, 0.05) is 11.3 Å². The number of halogens is 2. The molecule has 0 aliphatic carbocycles. The molecule has 0 aliphatic rings. The Kier molecular flexibility index (Phi) is 3.63. The number of nitrogens with one attached hydrogen (secondary N) is 2. The lowest BCUT2D eigenvalue weighted by atomic mass is 10.1. The highest BCUT2D eigenvalue weighted by molar-refractivity contribution is 7.20. The van der Waals surface area contributed by atoms with Crippen LogP contribution >= 0.6 is 34.5 Å². The van der Waals surface area contributed by atoms with Crippen molar-refractivity contribution in [3.63, 3.8) is 0 Å². The summed E-state index contributed by atoms with van der Waals surface area (Å²) in [4.78, 5) is 7.62. The third-order valence-electron chi connectivity index (χ3n) is 3.13. The first-order valence-electron chi connectivity index (χ1n) is 6.20. The number of rotatable bonds is 3. The lowest BCUT2D eigenvalue weighted by molar-refractivity contribution is 0.891. The van der Waals surface area contributed by atoms with Crippen LogP contribution in [0, 0.1) is 6.92 Å². The van der Waals surface area contributed by atoms with Crippen molar-refractivity contribution in [3.05, 3.63) is 44.3 Å². The lowest BCUT2D eigenvalue weighted by Crippen LogP contribution is -2.05. The van der Waals surface area contributed by atoms with E-state index in [1.54, 1.807) is 0 Å². The number of hydrogen-bond acceptors (Lipinski definition) is 3. The molecular weight excluding hydrogens is 313 g/mol. The number of thiophene rings is 1. The maximum atomic E-state index is 6.18. The molecule has 6 heteroatoms. The van der Waals surface area contributed by atoms with Crippen molar-refractivity contribution >= 4 is 51.3 Å². The van der Waals surface area contributed by atoms with Gasteiger partial charge < -0.3 is 10.3 Å². The van der Waals surface area contributed by atoms with E-state index in [9.17, 15) is 0 Å². The number of fused-ring (bicyclic) bond motifs is 1. The lowest BCUT2D eigenvalue weighted by Gasteiger charge is -2.14. The highest BCUT2D eigenvalue weighted by Gasteiger charge is 2.13. The fourth-order valence-corrected chi connectivity index (χ4v) is 3.85. The van der Waals surface area contributed by atoms with Gasteiger partial charge in [0.15, 0.2) is 0 Å². The monoisotopic (exact) mass is 325 g/mol. The van der Waals surface area contributed by atoms with Crippen molar-refractivity contribution in [1.82, 2.24) is 9.97 Å². The molecule has 0 spiro atoms. The Morgan fingerprint density at radius 3 is 2.80 bits per heavy atom. The highest BCUT2D eigenvalue weighted by Crippen LogP contribution is 2.36. The molecule has 2 N–H and O–H groups in total. The molecule has 0 saturated heterocycles. The predicted molar refractivity (Wildman–Crippen MR) is 87.2 cm³/mol. The quantitative estimate of drug-likeness (QED) is 0.675. The smallest absolute Gasteiger partial charge is 0.104 e. The first-order chi connectivity index (χ1) is 9.52. The van der Waals surface area contributed by atoms with Crippen LogP contribution in [0.5, 0.6) is 0 Å². The van der Waals surface area contributed by atoms with Gasteiger partial charge in [-0.05, 0) is 38.1 Å². The van der Waals surface area contributed by atoms with Crippen molar-refractivity contribution in [3.8, 4) is 0 Å². The Bertz CT molecular complexity index is 763. The third-order valence-corrected chi connectivity index (χ3v) is 4.65. The average Bonchev–Trinajstić information content (AvgIpc) is 2.90. The van der Waals surface area contributed by atoms with E-state index >= 15 is 0 Å². The molecule has 3 aromatic rings. The molecule has 0 aliphatic heterocycles. The molecule has 20 heavy (non-hydrogen) atoms. The van der Waals surface area contributed by atoms with E-state index in [1.165, 1.54) is 11.3 Å². The van der Waals surface area contributed by atoms with Gasteiger partial charge >= 0.3 is 0 Å². The van der Waals surface area contributed by atoms with E-state index < -0.39 is 0 Å². The second-order valence-corrected chi connectivity index (χ2v) is 6.99. The number of H-pyrrole nitrogens is 1. The SMILES string of the molecule is Cc1nc2ccc(NC(C)c3cc(Cl)sc3Cl)cc2[nH]1. The van der Waals surface area contributed by atoms with Crippen LogP contribution in [0.1, 0.15) is 24.4 Å². The molecular formula is C14H13Cl2N3S. The summed E-state index contributed by atoms with van der Waals surface area (Å²) in [5, 5.41) is 3.43. The summed E-state index contributed by atoms with van der Waals surface area (Å²) in [5.74, 6) is 0.915. The fourth-order valence-electron chi connectivity index (χ4n) is 2.20. The molecule has 0 radical (unpaired) electrons. The van der Waals surface area contributed by atoms with Gasteiger partial charge in [-0.15, -0.1) is 11.3 Å². The zero-order valence-electron chi connectivity index (χ0n) is 11.0. The topological polar surface area (TPSA) is 40.7 Å². The number of aromatic nitrogens is 2. The van der Waals surface area contributed by atoms with E-state index in [4.69, 9.17) is 23.2 Å².